The molecule has 5 atom stereocenters. The Bertz CT molecular complexity index is 396. The van der Waals surface area contributed by atoms with Crippen molar-refractivity contribution in [1.82, 2.24) is 0 Å². The van der Waals surface area contributed by atoms with Crippen LogP contribution in [0.4, 0.5) is 0 Å². The molecule has 0 aliphatic carbocycles. The van der Waals surface area contributed by atoms with E-state index in [1.807, 2.05) is 6.92 Å². The standard InChI is InChI=1S/C15H29IO5Si/c1-9-12(21-22(7,8)15(3,4)5)13(18-6)11(16)14(19-9)20-10(2)17/h9,11-14H,1-8H3/t9-,11-,12-,13-,14+/m1/s1. The van der Waals surface area contributed by atoms with Crippen molar-refractivity contribution in [2.75, 3.05) is 7.11 Å². The number of rotatable bonds is 4. The van der Waals surface area contributed by atoms with Gasteiger partial charge in [-0.05, 0) is 25.1 Å². The molecule has 0 saturated carbocycles. The van der Waals surface area contributed by atoms with Crippen molar-refractivity contribution in [2.45, 2.75) is 81.3 Å². The smallest absolute Gasteiger partial charge is 0.304 e. The van der Waals surface area contributed by atoms with Crippen molar-refractivity contribution in [3.8, 4) is 0 Å². The summed E-state index contributed by atoms with van der Waals surface area (Å²) in [6, 6.07) is 0. The molecule has 1 heterocycles. The minimum atomic E-state index is -1.95. The first-order valence-electron chi connectivity index (χ1n) is 7.58. The van der Waals surface area contributed by atoms with E-state index in [4.69, 9.17) is 18.6 Å². The third kappa shape index (κ3) is 4.65. The Morgan fingerprint density at radius 2 is 1.77 bits per heavy atom. The van der Waals surface area contributed by atoms with Gasteiger partial charge >= 0.3 is 5.97 Å². The number of carbonyl (C=O) groups excluding carboxylic acids is 1. The molecular weight excluding hydrogens is 415 g/mol. The van der Waals surface area contributed by atoms with Crippen LogP contribution in [-0.4, -0.2) is 49.9 Å². The normalized spacial score (nSPS) is 33.6. The predicted octanol–water partition coefficient (Wildman–Crippen LogP) is 3.50. The molecule has 22 heavy (non-hydrogen) atoms. The summed E-state index contributed by atoms with van der Waals surface area (Å²) in [5.74, 6) is -0.350. The topological polar surface area (TPSA) is 54.0 Å². The van der Waals surface area contributed by atoms with E-state index < -0.39 is 14.6 Å². The zero-order valence-electron chi connectivity index (χ0n) is 14.8. The number of hydrogen-bond acceptors (Lipinski definition) is 5. The fourth-order valence-electron chi connectivity index (χ4n) is 2.17. The van der Waals surface area contributed by atoms with Gasteiger partial charge in [0, 0.05) is 14.0 Å². The van der Waals surface area contributed by atoms with Gasteiger partial charge in [0.2, 0.25) is 6.29 Å². The molecule has 1 aliphatic rings. The number of ether oxygens (including phenoxy) is 3. The summed E-state index contributed by atoms with van der Waals surface area (Å²) >= 11 is 2.22. The first-order valence-corrected chi connectivity index (χ1v) is 11.7. The lowest BCUT2D eigenvalue weighted by Crippen LogP contribution is -2.60. The second-order valence-corrected chi connectivity index (χ2v) is 13.5. The Morgan fingerprint density at radius 1 is 1.23 bits per heavy atom. The molecule has 0 radical (unpaired) electrons. The second kappa shape index (κ2) is 7.46. The van der Waals surface area contributed by atoms with Crippen LogP contribution in [0, 0.1) is 0 Å². The van der Waals surface area contributed by atoms with Gasteiger partial charge in [-0.2, -0.15) is 0 Å². The van der Waals surface area contributed by atoms with E-state index in [1.54, 1.807) is 7.11 Å². The molecule has 1 rings (SSSR count). The molecule has 0 spiro atoms. The average Bonchev–Trinajstić information content (AvgIpc) is 2.33. The van der Waals surface area contributed by atoms with Crippen LogP contribution in [-0.2, 0) is 23.4 Å². The third-order valence-electron chi connectivity index (χ3n) is 4.50. The summed E-state index contributed by atoms with van der Waals surface area (Å²) in [5, 5.41) is 0.110. The summed E-state index contributed by atoms with van der Waals surface area (Å²) < 4.78 is 23.2. The van der Waals surface area contributed by atoms with Gasteiger partial charge < -0.3 is 18.6 Å². The number of carbonyl (C=O) groups is 1. The van der Waals surface area contributed by atoms with E-state index in [-0.39, 0.29) is 33.2 Å². The number of methoxy groups -OCH3 is 1. The van der Waals surface area contributed by atoms with Crippen LogP contribution in [0.15, 0.2) is 0 Å². The molecule has 7 heteroatoms. The maximum absolute atomic E-state index is 11.2. The number of hydrogen-bond donors (Lipinski definition) is 0. The van der Waals surface area contributed by atoms with Crippen LogP contribution in [0.5, 0.6) is 0 Å². The Balaban J connectivity index is 2.94. The molecule has 1 fully saturated rings. The number of alkyl halides is 1. The quantitative estimate of drug-likeness (QED) is 0.288. The van der Waals surface area contributed by atoms with E-state index in [0.717, 1.165) is 0 Å². The lowest BCUT2D eigenvalue weighted by atomic mass is 10.0. The van der Waals surface area contributed by atoms with Crippen molar-refractivity contribution < 1.29 is 23.4 Å². The van der Waals surface area contributed by atoms with E-state index in [1.165, 1.54) is 6.92 Å². The average molecular weight is 444 g/mol. The molecule has 0 unspecified atom stereocenters. The van der Waals surface area contributed by atoms with Crippen LogP contribution >= 0.6 is 22.6 Å². The Hall–Kier alpha value is 0.297. The maximum atomic E-state index is 11.2. The highest BCUT2D eigenvalue weighted by Gasteiger charge is 2.49. The molecule has 130 valence electrons. The Kier molecular flexibility index (Phi) is 6.90. The highest BCUT2D eigenvalue weighted by Crippen LogP contribution is 2.40. The third-order valence-corrected chi connectivity index (χ3v) is 10.3. The minimum absolute atomic E-state index is 0.110. The Morgan fingerprint density at radius 3 is 2.18 bits per heavy atom. The molecule has 0 aromatic carbocycles. The molecule has 0 aromatic heterocycles. The molecule has 1 saturated heterocycles. The molecule has 0 aromatic rings. The summed E-state index contributed by atoms with van der Waals surface area (Å²) in [7, 11) is -0.279. The molecular formula is C15H29IO5Si. The summed E-state index contributed by atoms with van der Waals surface area (Å²) in [6.45, 7) is 14.4. The van der Waals surface area contributed by atoms with E-state index >= 15 is 0 Å². The predicted molar refractivity (Wildman–Crippen MR) is 96.8 cm³/mol. The number of halogens is 1. The maximum Gasteiger partial charge on any atom is 0.304 e. The molecule has 0 bridgehead atoms. The van der Waals surface area contributed by atoms with Gasteiger partial charge in [0.05, 0.1) is 12.2 Å². The van der Waals surface area contributed by atoms with Crippen LogP contribution in [0.25, 0.3) is 0 Å². The molecule has 0 N–H and O–H groups in total. The van der Waals surface area contributed by atoms with Gasteiger partial charge in [0.1, 0.15) is 10.0 Å². The van der Waals surface area contributed by atoms with Crippen molar-refractivity contribution in [3.63, 3.8) is 0 Å². The lowest BCUT2D eigenvalue weighted by Gasteiger charge is -2.47. The van der Waals surface area contributed by atoms with Crippen molar-refractivity contribution in [1.29, 1.82) is 0 Å². The molecule has 5 nitrogen and oxygen atoms in total. The lowest BCUT2D eigenvalue weighted by molar-refractivity contribution is -0.234. The second-order valence-electron chi connectivity index (χ2n) is 7.31. The highest BCUT2D eigenvalue weighted by molar-refractivity contribution is 14.1. The SMILES string of the molecule is CO[C@@H]1[C@@H](I)[C@H](OC(C)=O)O[C@H](C)[C@H]1O[Si](C)(C)C(C)(C)C. The minimum Gasteiger partial charge on any atom is -0.435 e. The van der Waals surface area contributed by atoms with Gasteiger partial charge in [-0.15, -0.1) is 0 Å². The highest BCUT2D eigenvalue weighted by atomic mass is 127. The fourth-order valence-corrected chi connectivity index (χ4v) is 4.55. The van der Waals surface area contributed by atoms with Crippen LogP contribution in [0.1, 0.15) is 34.6 Å². The van der Waals surface area contributed by atoms with Gasteiger partial charge in [-0.1, -0.05) is 43.4 Å². The summed E-state index contributed by atoms with van der Waals surface area (Å²) in [5.41, 5.74) is 0. The number of esters is 1. The zero-order valence-corrected chi connectivity index (χ0v) is 18.0. The van der Waals surface area contributed by atoms with E-state index in [9.17, 15) is 4.79 Å². The van der Waals surface area contributed by atoms with E-state index in [0.29, 0.717) is 0 Å². The van der Waals surface area contributed by atoms with Crippen LogP contribution in [0.2, 0.25) is 18.1 Å². The van der Waals surface area contributed by atoms with Gasteiger partial charge in [-0.3, -0.25) is 4.79 Å². The first kappa shape index (κ1) is 20.3. The van der Waals surface area contributed by atoms with Crippen LogP contribution in [0.3, 0.4) is 0 Å². The Labute approximate surface area is 148 Å². The van der Waals surface area contributed by atoms with Crippen molar-refractivity contribution in [3.05, 3.63) is 0 Å². The van der Waals surface area contributed by atoms with Gasteiger partial charge in [0.25, 0.3) is 0 Å². The molecule has 1 aliphatic heterocycles. The zero-order chi connectivity index (χ0) is 17.3. The summed E-state index contributed by atoms with van der Waals surface area (Å²) in [6.07, 6.45) is -1.14. The van der Waals surface area contributed by atoms with Crippen molar-refractivity contribution in [2.24, 2.45) is 0 Å². The molecule has 0 amide bonds. The van der Waals surface area contributed by atoms with Gasteiger partial charge in [-0.25, -0.2) is 0 Å². The first-order chi connectivity index (χ1) is 9.90. The van der Waals surface area contributed by atoms with Crippen LogP contribution < -0.4 is 0 Å². The van der Waals surface area contributed by atoms with Gasteiger partial charge in [0.15, 0.2) is 8.32 Å². The summed E-state index contributed by atoms with van der Waals surface area (Å²) in [4.78, 5) is 11.2. The van der Waals surface area contributed by atoms with Crippen molar-refractivity contribution >= 4 is 36.9 Å². The van der Waals surface area contributed by atoms with E-state index in [2.05, 4.69) is 56.5 Å². The fraction of sp³-hybridized carbons (Fsp3) is 0.933. The largest absolute Gasteiger partial charge is 0.435 e. The monoisotopic (exact) mass is 444 g/mol.